The fourth-order valence-electron chi connectivity index (χ4n) is 3.31. The zero-order chi connectivity index (χ0) is 16.5. The Labute approximate surface area is 151 Å². The molecule has 5 heteroatoms. The number of aromatic nitrogens is 2. The molecule has 1 aromatic heterocycles. The molecule has 3 nitrogen and oxygen atoms in total. The number of benzene rings is 2. The van der Waals surface area contributed by atoms with E-state index < -0.39 is 0 Å². The predicted molar refractivity (Wildman–Crippen MR) is 101 cm³/mol. The van der Waals surface area contributed by atoms with Crippen molar-refractivity contribution < 1.29 is 0 Å². The molecule has 1 fully saturated rings. The minimum absolute atomic E-state index is 0.652. The Bertz CT molecular complexity index is 889. The van der Waals surface area contributed by atoms with Gasteiger partial charge in [0.15, 0.2) is 0 Å². The highest BCUT2D eigenvalue weighted by molar-refractivity contribution is 6.37. The van der Waals surface area contributed by atoms with Crippen molar-refractivity contribution in [2.45, 2.75) is 19.3 Å². The number of piperidine rings is 1. The Kier molecular flexibility index (Phi) is 4.30. The Morgan fingerprint density at radius 1 is 0.833 bits per heavy atom. The van der Waals surface area contributed by atoms with Crippen LogP contribution in [0.4, 0.5) is 5.82 Å². The van der Waals surface area contributed by atoms with Crippen LogP contribution in [0, 0.1) is 0 Å². The van der Waals surface area contributed by atoms with Crippen LogP contribution >= 0.6 is 23.2 Å². The Morgan fingerprint density at radius 2 is 1.62 bits per heavy atom. The SMILES string of the molecule is Clc1ccccc1-c1cc2c(N3CCCCC3)ncnc2cc1Cl. The molecule has 122 valence electrons. The summed E-state index contributed by atoms with van der Waals surface area (Å²) in [5, 5.41) is 2.37. The molecular formula is C19H17Cl2N3. The van der Waals surface area contributed by atoms with E-state index >= 15 is 0 Å². The van der Waals surface area contributed by atoms with Gasteiger partial charge in [-0.05, 0) is 37.5 Å². The standard InChI is InChI=1S/C19H17Cl2N3/c20-16-7-3-2-6-13(16)14-10-15-18(11-17(14)21)22-12-23-19(15)24-8-4-1-5-9-24/h2-3,6-7,10-12H,1,4-5,8-9H2. The first-order chi connectivity index (χ1) is 11.7. The van der Waals surface area contributed by atoms with Gasteiger partial charge in [0.25, 0.3) is 0 Å². The van der Waals surface area contributed by atoms with Crippen LogP contribution in [0.15, 0.2) is 42.7 Å². The molecule has 0 atom stereocenters. The molecular weight excluding hydrogens is 341 g/mol. The van der Waals surface area contributed by atoms with Crippen LogP contribution in [-0.4, -0.2) is 23.1 Å². The molecule has 0 N–H and O–H groups in total. The number of rotatable bonds is 2. The highest BCUT2D eigenvalue weighted by atomic mass is 35.5. The van der Waals surface area contributed by atoms with Crippen LogP contribution < -0.4 is 4.90 Å². The van der Waals surface area contributed by atoms with Crippen LogP contribution in [-0.2, 0) is 0 Å². The van der Waals surface area contributed by atoms with Crippen molar-refractivity contribution in [3.63, 3.8) is 0 Å². The van der Waals surface area contributed by atoms with E-state index in [0.29, 0.717) is 10.0 Å². The molecule has 1 saturated heterocycles. The molecule has 24 heavy (non-hydrogen) atoms. The normalized spacial score (nSPS) is 15.0. The molecule has 2 aromatic carbocycles. The van der Waals surface area contributed by atoms with Crippen molar-refractivity contribution in [3.8, 4) is 11.1 Å². The molecule has 0 bridgehead atoms. The molecule has 1 aliphatic heterocycles. The van der Waals surface area contributed by atoms with E-state index in [-0.39, 0.29) is 0 Å². The Morgan fingerprint density at radius 3 is 2.42 bits per heavy atom. The van der Waals surface area contributed by atoms with Crippen molar-refractivity contribution in [1.29, 1.82) is 0 Å². The summed E-state index contributed by atoms with van der Waals surface area (Å²) >= 11 is 12.9. The van der Waals surface area contributed by atoms with Crippen molar-refractivity contribution >= 4 is 39.9 Å². The number of hydrogen-bond donors (Lipinski definition) is 0. The van der Waals surface area contributed by atoms with Gasteiger partial charge in [-0.25, -0.2) is 9.97 Å². The largest absolute Gasteiger partial charge is 0.356 e. The van der Waals surface area contributed by atoms with E-state index in [4.69, 9.17) is 23.2 Å². The average molecular weight is 358 g/mol. The van der Waals surface area contributed by atoms with Crippen molar-refractivity contribution in [3.05, 3.63) is 52.8 Å². The van der Waals surface area contributed by atoms with Crippen molar-refractivity contribution in [2.24, 2.45) is 0 Å². The van der Waals surface area contributed by atoms with Crippen LogP contribution in [0.3, 0.4) is 0 Å². The molecule has 0 saturated carbocycles. The quantitative estimate of drug-likeness (QED) is 0.598. The Hall–Kier alpha value is -1.84. The van der Waals surface area contributed by atoms with Crippen LogP contribution in [0.2, 0.25) is 10.0 Å². The van der Waals surface area contributed by atoms with Gasteiger partial charge in [-0.1, -0.05) is 41.4 Å². The highest BCUT2D eigenvalue weighted by Crippen LogP contribution is 2.37. The highest BCUT2D eigenvalue weighted by Gasteiger charge is 2.17. The van der Waals surface area contributed by atoms with Gasteiger partial charge in [-0.2, -0.15) is 0 Å². The predicted octanol–water partition coefficient (Wildman–Crippen LogP) is 5.59. The summed E-state index contributed by atoms with van der Waals surface area (Å²) in [6, 6.07) is 11.7. The molecule has 0 radical (unpaired) electrons. The van der Waals surface area contributed by atoms with Gasteiger partial charge in [0.05, 0.1) is 10.5 Å². The Balaban J connectivity index is 1.90. The molecule has 2 heterocycles. The summed E-state index contributed by atoms with van der Waals surface area (Å²) in [6.07, 6.45) is 5.32. The maximum Gasteiger partial charge on any atom is 0.139 e. The molecule has 1 aliphatic rings. The van der Waals surface area contributed by atoms with Crippen molar-refractivity contribution in [1.82, 2.24) is 9.97 Å². The van der Waals surface area contributed by atoms with Gasteiger partial charge in [-0.15, -0.1) is 0 Å². The van der Waals surface area contributed by atoms with E-state index in [1.165, 1.54) is 19.3 Å². The topological polar surface area (TPSA) is 29.0 Å². The number of nitrogens with zero attached hydrogens (tertiary/aromatic N) is 3. The number of halogens is 2. The van der Waals surface area contributed by atoms with Gasteiger partial charge >= 0.3 is 0 Å². The minimum atomic E-state index is 0.652. The maximum absolute atomic E-state index is 6.52. The molecule has 3 aromatic rings. The van der Waals surface area contributed by atoms with E-state index in [0.717, 1.165) is 40.9 Å². The summed E-state index contributed by atoms with van der Waals surface area (Å²) in [5.41, 5.74) is 2.72. The first-order valence-electron chi connectivity index (χ1n) is 8.18. The van der Waals surface area contributed by atoms with Crippen LogP contribution in [0.5, 0.6) is 0 Å². The maximum atomic E-state index is 6.52. The number of hydrogen-bond acceptors (Lipinski definition) is 3. The van der Waals surface area contributed by atoms with E-state index in [1.54, 1.807) is 6.33 Å². The lowest BCUT2D eigenvalue weighted by Crippen LogP contribution is -2.30. The molecule has 4 rings (SSSR count). The van der Waals surface area contributed by atoms with Crippen LogP contribution in [0.25, 0.3) is 22.0 Å². The molecule has 0 aliphatic carbocycles. The zero-order valence-electron chi connectivity index (χ0n) is 13.2. The molecule has 0 spiro atoms. The summed E-state index contributed by atoms with van der Waals surface area (Å²) in [5.74, 6) is 0.990. The zero-order valence-corrected chi connectivity index (χ0v) is 14.7. The fourth-order valence-corrected chi connectivity index (χ4v) is 3.80. The number of anilines is 1. The lowest BCUT2D eigenvalue weighted by Gasteiger charge is -2.28. The first kappa shape index (κ1) is 15.7. The number of fused-ring (bicyclic) bond motifs is 1. The second kappa shape index (κ2) is 6.58. The summed E-state index contributed by atoms with van der Waals surface area (Å²) < 4.78 is 0. The monoisotopic (exact) mass is 357 g/mol. The third-order valence-electron chi connectivity index (χ3n) is 4.52. The fraction of sp³-hybridized carbons (Fsp3) is 0.263. The smallest absolute Gasteiger partial charge is 0.139 e. The van der Waals surface area contributed by atoms with Crippen LogP contribution in [0.1, 0.15) is 19.3 Å². The first-order valence-corrected chi connectivity index (χ1v) is 8.94. The van der Waals surface area contributed by atoms with Gasteiger partial charge in [-0.3, -0.25) is 0 Å². The van der Waals surface area contributed by atoms with Gasteiger partial charge < -0.3 is 4.90 Å². The average Bonchev–Trinajstić information content (AvgIpc) is 2.62. The summed E-state index contributed by atoms with van der Waals surface area (Å²) in [4.78, 5) is 11.3. The molecule has 0 amide bonds. The van der Waals surface area contributed by atoms with E-state index in [2.05, 4.69) is 20.9 Å². The van der Waals surface area contributed by atoms with Gasteiger partial charge in [0, 0.05) is 34.6 Å². The third kappa shape index (κ3) is 2.83. The minimum Gasteiger partial charge on any atom is -0.356 e. The second-order valence-corrected chi connectivity index (χ2v) is 6.89. The van der Waals surface area contributed by atoms with Crippen molar-refractivity contribution in [2.75, 3.05) is 18.0 Å². The van der Waals surface area contributed by atoms with E-state index in [1.807, 2.05) is 30.3 Å². The lowest BCUT2D eigenvalue weighted by atomic mass is 10.0. The lowest BCUT2D eigenvalue weighted by molar-refractivity contribution is 0.574. The second-order valence-electron chi connectivity index (χ2n) is 6.07. The third-order valence-corrected chi connectivity index (χ3v) is 5.17. The van der Waals surface area contributed by atoms with Gasteiger partial charge in [0.1, 0.15) is 12.1 Å². The summed E-state index contributed by atoms with van der Waals surface area (Å²) in [7, 11) is 0. The molecule has 0 unspecified atom stereocenters. The van der Waals surface area contributed by atoms with Gasteiger partial charge in [0.2, 0.25) is 0 Å². The summed E-state index contributed by atoms with van der Waals surface area (Å²) in [6.45, 7) is 2.08. The van der Waals surface area contributed by atoms with E-state index in [9.17, 15) is 0 Å².